The summed E-state index contributed by atoms with van der Waals surface area (Å²) >= 11 is 1.55. The van der Waals surface area contributed by atoms with Gasteiger partial charge in [-0.05, 0) is 0 Å². The van der Waals surface area contributed by atoms with E-state index in [1.165, 1.54) is 0 Å². The zero-order valence-electron chi connectivity index (χ0n) is 11.3. The van der Waals surface area contributed by atoms with Gasteiger partial charge in [-0.1, -0.05) is 32.1 Å². The molecule has 17 heavy (non-hydrogen) atoms. The van der Waals surface area contributed by atoms with Crippen LogP contribution in [0.5, 0.6) is 0 Å². The largest absolute Gasteiger partial charge is 0.391 e. The first-order valence-corrected chi connectivity index (χ1v) is 6.53. The molecule has 1 rings (SSSR count). The average Bonchev–Trinajstić information content (AvgIpc) is 2.69. The maximum absolute atomic E-state index is 9.38. The van der Waals surface area contributed by atoms with Crippen molar-refractivity contribution in [2.45, 2.75) is 32.8 Å². The number of thiazole rings is 1. The second kappa shape index (κ2) is 5.80. The second-order valence-electron chi connectivity index (χ2n) is 5.09. The van der Waals surface area contributed by atoms with E-state index in [4.69, 9.17) is 4.74 Å². The van der Waals surface area contributed by atoms with Crippen molar-refractivity contribution in [2.24, 2.45) is 0 Å². The Labute approximate surface area is 107 Å². The number of likely N-dealkylation sites (N-methyl/N-ethyl adjacent to an activating group) is 1. The van der Waals surface area contributed by atoms with Gasteiger partial charge in [0.05, 0.1) is 23.8 Å². The fourth-order valence-electron chi connectivity index (χ4n) is 1.52. The summed E-state index contributed by atoms with van der Waals surface area (Å²) in [5, 5.41) is 10.3. The minimum Gasteiger partial charge on any atom is -0.391 e. The lowest BCUT2D eigenvalue weighted by atomic mass is 9.91. The number of nitrogens with zero attached hydrogens (tertiary/aromatic N) is 2. The van der Waals surface area contributed by atoms with Crippen LogP contribution in [0.25, 0.3) is 0 Å². The lowest BCUT2D eigenvalue weighted by Gasteiger charge is -2.17. The maximum Gasteiger partial charge on any atom is 0.185 e. The van der Waals surface area contributed by atoms with Crippen molar-refractivity contribution in [1.29, 1.82) is 0 Å². The number of anilines is 1. The van der Waals surface area contributed by atoms with Gasteiger partial charge in [-0.25, -0.2) is 4.98 Å². The second-order valence-corrected chi connectivity index (χ2v) is 6.15. The third-order valence-electron chi connectivity index (χ3n) is 2.50. The summed E-state index contributed by atoms with van der Waals surface area (Å²) in [5.74, 6) is 0. The van der Waals surface area contributed by atoms with Gasteiger partial charge in [0.25, 0.3) is 0 Å². The third kappa shape index (κ3) is 3.66. The minimum absolute atomic E-state index is 0.0328. The van der Waals surface area contributed by atoms with Gasteiger partial charge in [-0.2, -0.15) is 0 Å². The summed E-state index contributed by atoms with van der Waals surface area (Å²) in [5.41, 5.74) is 0.957. The predicted molar refractivity (Wildman–Crippen MR) is 71.9 cm³/mol. The van der Waals surface area contributed by atoms with Gasteiger partial charge in [0.15, 0.2) is 5.13 Å². The van der Waals surface area contributed by atoms with Gasteiger partial charge < -0.3 is 14.7 Å². The first-order chi connectivity index (χ1) is 7.90. The highest BCUT2D eigenvalue weighted by atomic mass is 32.1. The van der Waals surface area contributed by atoms with Crippen LogP contribution in [-0.4, -0.2) is 37.4 Å². The van der Waals surface area contributed by atoms with E-state index in [-0.39, 0.29) is 12.0 Å². The first kappa shape index (κ1) is 14.4. The Bertz CT molecular complexity index is 358. The van der Waals surface area contributed by atoms with Gasteiger partial charge >= 0.3 is 0 Å². The van der Waals surface area contributed by atoms with Gasteiger partial charge in [0.2, 0.25) is 0 Å². The molecule has 5 heteroatoms. The number of aliphatic hydroxyl groups is 1. The van der Waals surface area contributed by atoms with Gasteiger partial charge in [-0.15, -0.1) is 0 Å². The Morgan fingerprint density at radius 3 is 2.47 bits per heavy atom. The van der Waals surface area contributed by atoms with Crippen LogP contribution in [0.4, 0.5) is 5.13 Å². The molecule has 0 aliphatic carbocycles. The Hall–Kier alpha value is -0.650. The molecular formula is C12H22N2O2S. The van der Waals surface area contributed by atoms with Crippen LogP contribution < -0.4 is 4.90 Å². The van der Waals surface area contributed by atoms with E-state index < -0.39 is 0 Å². The number of hydrogen-bond acceptors (Lipinski definition) is 5. The molecule has 0 aliphatic rings. The molecule has 0 spiro atoms. The molecular weight excluding hydrogens is 236 g/mol. The lowest BCUT2D eigenvalue weighted by Crippen LogP contribution is -2.22. The SMILES string of the molecule is COCCN(C)c1nc(C(C)(C)C)c(CO)s1. The summed E-state index contributed by atoms with van der Waals surface area (Å²) in [4.78, 5) is 7.65. The highest BCUT2D eigenvalue weighted by molar-refractivity contribution is 7.15. The van der Waals surface area contributed by atoms with Gasteiger partial charge in [0.1, 0.15) is 0 Å². The van der Waals surface area contributed by atoms with Crippen LogP contribution in [0.1, 0.15) is 31.3 Å². The van der Waals surface area contributed by atoms with E-state index in [2.05, 4.69) is 30.7 Å². The molecule has 1 N–H and O–H groups in total. The van der Waals surface area contributed by atoms with Crippen molar-refractivity contribution in [1.82, 2.24) is 4.98 Å². The van der Waals surface area contributed by atoms with E-state index in [1.807, 2.05) is 7.05 Å². The summed E-state index contributed by atoms with van der Waals surface area (Å²) in [7, 11) is 3.68. The van der Waals surface area contributed by atoms with Crippen LogP contribution >= 0.6 is 11.3 Å². The first-order valence-electron chi connectivity index (χ1n) is 5.71. The van der Waals surface area contributed by atoms with Crippen LogP contribution in [0, 0.1) is 0 Å². The quantitative estimate of drug-likeness (QED) is 0.877. The smallest absolute Gasteiger partial charge is 0.185 e. The Morgan fingerprint density at radius 2 is 2.06 bits per heavy atom. The van der Waals surface area contributed by atoms with Crippen molar-refractivity contribution in [3.8, 4) is 0 Å². The summed E-state index contributed by atoms with van der Waals surface area (Å²) < 4.78 is 5.05. The highest BCUT2D eigenvalue weighted by Crippen LogP contribution is 2.33. The molecule has 0 aromatic carbocycles. The highest BCUT2D eigenvalue weighted by Gasteiger charge is 2.23. The molecule has 0 bridgehead atoms. The summed E-state index contributed by atoms with van der Waals surface area (Å²) in [6.07, 6.45) is 0. The molecule has 0 amide bonds. The number of rotatable bonds is 5. The molecule has 0 radical (unpaired) electrons. The monoisotopic (exact) mass is 258 g/mol. The van der Waals surface area contributed by atoms with Crippen LogP contribution in [0.2, 0.25) is 0 Å². The minimum atomic E-state index is -0.0328. The molecule has 0 unspecified atom stereocenters. The summed E-state index contributed by atoms with van der Waals surface area (Å²) in [6.45, 7) is 7.87. The van der Waals surface area contributed by atoms with Crippen molar-refractivity contribution in [3.63, 3.8) is 0 Å². The number of hydrogen-bond donors (Lipinski definition) is 1. The van der Waals surface area contributed by atoms with Crippen LogP contribution in [-0.2, 0) is 16.8 Å². The van der Waals surface area contributed by atoms with Crippen LogP contribution in [0.3, 0.4) is 0 Å². The zero-order chi connectivity index (χ0) is 13.1. The predicted octanol–water partition coefficient (Wildman–Crippen LogP) is 2.02. The normalized spacial score (nSPS) is 11.9. The van der Waals surface area contributed by atoms with E-state index in [9.17, 15) is 5.11 Å². The Morgan fingerprint density at radius 1 is 1.41 bits per heavy atom. The molecule has 1 heterocycles. The molecule has 1 aromatic rings. The van der Waals surface area contributed by atoms with E-state index in [0.29, 0.717) is 6.61 Å². The Balaban J connectivity index is 2.92. The molecule has 0 aliphatic heterocycles. The topological polar surface area (TPSA) is 45.6 Å². The fraction of sp³-hybridized carbons (Fsp3) is 0.750. The fourth-order valence-corrected chi connectivity index (χ4v) is 2.64. The lowest BCUT2D eigenvalue weighted by molar-refractivity contribution is 0.206. The number of aliphatic hydroxyl groups excluding tert-OH is 1. The molecule has 1 aromatic heterocycles. The molecule has 0 atom stereocenters. The number of methoxy groups -OCH3 is 1. The van der Waals surface area contributed by atoms with E-state index in [1.54, 1.807) is 18.4 Å². The van der Waals surface area contributed by atoms with Crippen LogP contribution in [0.15, 0.2) is 0 Å². The standard InChI is InChI=1S/C12H22N2O2S/c1-12(2,3)10-9(8-15)17-11(13-10)14(4)6-7-16-5/h15H,6-8H2,1-5H3. The molecule has 98 valence electrons. The Kier molecular flexibility index (Phi) is 4.91. The molecule has 4 nitrogen and oxygen atoms in total. The molecule has 0 saturated heterocycles. The van der Waals surface area contributed by atoms with Gasteiger partial charge in [-0.3, -0.25) is 0 Å². The zero-order valence-corrected chi connectivity index (χ0v) is 12.1. The molecule has 0 saturated carbocycles. The third-order valence-corrected chi connectivity index (χ3v) is 3.65. The number of aromatic nitrogens is 1. The van der Waals surface area contributed by atoms with E-state index in [0.717, 1.165) is 22.2 Å². The summed E-state index contributed by atoms with van der Waals surface area (Å²) in [6, 6.07) is 0. The average molecular weight is 258 g/mol. The van der Waals surface area contributed by atoms with Crippen molar-refractivity contribution in [2.75, 3.05) is 32.2 Å². The van der Waals surface area contributed by atoms with Crippen molar-refractivity contribution in [3.05, 3.63) is 10.6 Å². The van der Waals surface area contributed by atoms with Crippen molar-refractivity contribution < 1.29 is 9.84 Å². The van der Waals surface area contributed by atoms with Gasteiger partial charge in [0, 0.05) is 26.1 Å². The molecule has 0 fully saturated rings. The van der Waals surface area contributed by atoms with Crippen molar-refractivity contribution >= 4 is 16.5 Å². The number of ether oxygens (including phenoxy) is 1. The van der Waals surface area contributed by atoms with E-state index >= 15 is 0 Å². The maximum atomic E-state index is 9.38.